The number of nitrogens with zero attached hydrogens (tertiary/aromatic N) is 8. The van der Waals surface area contributed by atoms with Gasteiger partial charge in [0, 0.05) is 49.5 Å². The molecule has 7 rings (SSSR count). The van der Waals surface area contributed by atoms with E-state index in [2.05, 4.69) is 47.7 Å². The maximum atomic E-state index is 13.7. The second-order valence-electron chi connectivity index (χ2n) is 10.5. The third-order valence-corrected chi connectivity index (χ3v) is 7.69. The number of oxazole rings is 1. The Labute approximate surface area is 235 Å². The lowest BCUT2D eigenvalue weighted by Crippen LogP contribution is -2.50. The van der Waals surface area contributed by atoms with Crippen molar-refractivity contribution in [1.82, 2.24) is 40.0 Å². The predicted molar refractivity (Wildman–Crippen MR) is 149 cm³/mol. The summed E-state index contributed by atoms with van der Waals surface area (Å²) in [5, 5.41) is 15.7. The number of likely N-dealkylation sites (tertiary alicyclic amines) is 2. The van der Waals surface area contributed by atoms with E-state index in [-0.39, 0.29) is 29.9 Å². The van der Waals surface area contributed by atoms with Gasteiger partial charge < -0.3 is 14.6 Å². The van der Waals surface area contributed by atoms with Gasteiger partial charge in [-0.25, -0.2) is 4.98 Å². The summed E-state index contributed by atoms with van der Waals surface area (Å²) in [6, 6.07) is 19.0. The summed E-state index contributed by atoms with van der Waals surface area (Å²) in [6.45, 7) is 2.75. The van der Waals surface area contributed by atoms with Crippen LogP contribution in [0.3, 0.4) is 0 Å². The van der Waals surface area contributed by atoms with Crippen molar-refractivity contribution in [3.05, 3.63) is 83.9 Å². The van der Waals surface area contributed by atoms with Gasteiger partial charge in [-0.05, 0) is 47.5 Å². The number of anilines is 1. The van der Waals surface area contributed by atoms with E-state index in [1.165, 1.54) is 11.7 Å². The summed E-state index contributed by atoms with van der Waals surface area (Å²) in [7, 11) is 1.76. The maximum Gasteiger partial charge on any atom is 0.272 e. The Morgan fingerprint density at radius 1 is 1.05 bits per heavy atom. The number of rotatable bonds is 6. The molecule has 0 radical (unpaired) electrons. The average molecular weight is 550 g/mol. The quantitative estimate of drug-likeness (QED) is 0.339. The molecular weight excluding hydrogens is 522 g/mol. The Morgan fingerprint density at radius 3 is 2.63 bits per heavy atom. The maximum absolute atomic E-state index is 13.7. The molecule has 1 unspecified atom stereocenters. The molecule has 3 atom stereocenters. The van der Waals surface area contributed by atoms with Crippen LogP contribution >= 0.6 is 0 Å². The summed E-state index contributed by atoms with van der Waals surface area (Å²) in [5.74, 6) is 0.760. The minimum absolute atomic E-state index is 0.0531. The van der Waals surface area contributed by atoms with Crippen LogP contribution in [0.25, 0.3) is 22.6 Å². The van der Waals surface area contributed by atoms with Crippen molar-refractivity contribution in [2.24, 2.45) is 7.05 Å². The van der Waals surface area contributed by atoms with Gasteiger partial charge in [-0.3, -0.25) is 19.5 Å². The topological polar surface area (TPSA) is 135 Å². The monoisotopic (exact) mass is 549 g/mol. The molecule has 12 heteroatoms. The normalized spacial score (nSPS) is 19.1. The number of carbonyl (C=O) groups excluding carboxylic acids is 2. The summed E-state index contributed by atoms with van der Waals surface area (Å²) in [5.41, 5.74) is 3.93. The van der Waals surface area contributed by atoms with E-state index in [1.54, 1.807) is 43.6 Å². The smallest absolute Gasteiger partial charge is 0.272 e. The van der Waals surface area contributed by atoms with E-state index in [1.807, 2.05) is 23.1 Å². The molecule has 2 bridgehead atoms. The molecule has 3 aromatic heterocycles. The number of aryl methyl sites for hydroxylation is 1. The number of nitrogens with one attached hydrogen (secondary N) is 1. The lowest BCUT2D eigenvalue weighted by molar-refractivity contribution is -0.114. The van der Waals surface area contributed by atoms with E-state index in [0.29, 0.717) is 52.8 Å². The molecule has 2 fully saturated rings. The minimum atomic E-state index is -0.162. The van der Waals surface area contributed by atoms with Crippen molar-refractivity contribution >= 4 is 28.6 Å². The van der Waals surface area contributed by atoms with Crippen molar-refractivity contribution in [1.29, 1.82) is 0 Å². The number of aromatic nitrogens is 6. The van der Waals surface area contributed by atoms with Crippen molar-refractivity contribution in [3.8, 4) is 11.5 Å². The zero-order valence-corrected chi connectivity index (χ0v) is 22.5. The molecule has 0 aliphatic carbocycles. The van der Waals surface area contributed by atoms with E-state index in [4.69, 9.17) is 4.42 Å². The molecule has 5 heterocycles. The van der Waals surface area contributed by atoms with Crippen molar-refractivity contribution in [3.63, 3.8) is 0 Å². The molecule has 5 aromatic rings. The van der Waals surface area contributed by atoms with Crippen molar-refractivity contribution < 1.29 is 14.0 Å². The highest BCUT2D eigenvalue weighted by Crippen LogP contribution is 2.39. The number of hydrogen-bond acceptors (Lipinski definition) is 9. The van der Waals surface area contributed by atoms with Crippen LogP contribution in [0.1, 0.15) is 41.3 Å². The van der Waals surface area contributed by atoms with E-state index >= 15 is 0 Å². The third-order valence-electron chi connectivity index (χ3n) is 7.69. The van der Waals surface area contributed by atoms with Gasteiger partial charge in [-0.1, -0.05) is 30.3 Å². The molecular formula is C29H27N9O3. The zero-order chi connectivity index (χ0) is 28.1. The SMILES string of the molecule is CC(=O)Nc1ccc2oc(-c3ccnc(C(=O)N4C[C@H]5C[C@@H]4CN5C(c4ccccc4)c4nnn(C)n4)c3)nc2c1. The minimum Gasteiger partial charge on any atom is -0.436 e. The number of tetrazole rings is 1. The van der Waals surface area contributed by atoms with Gasteiger partial charge in [0.25, 0.3) is 5.91 Å². The number of benzene rings is 2. The van der Waals surface area contributed by atoms with Gasteiger partial charge in [0.15, 0.2) is 11.4 Å². The standard InChI is InChI=1S/C29H27N9O3/c1-17(39)31-20-8-9-25-23(13-20)32-28(41-25)19-10-11-30-24(12-19)29(40)38-16-21-14-22(38)15-37(21)26(18-6-4-3-5-7-18)27-33-35-36(2)34-27/h3-13,21-22,26H,14-16H2,1-2H3,(H,31,39)/t21-,22-,26?/m1/s1. The molecule has 0 spiro atoms. The fourth-order valence-corrected chi connectivity index (χ4v) is 5.95. The molecule has 2 amide bonds. The molecule has 2 aliphatic heterocycles. The Morgan fingerprint density at radius 2 is 1.90 bits per heavy atom. The van der Waals surface area contributed by atoms with Crippen LogP contribution in [0.5, 0.6) is 0 Å². The fraction of sp³-hybridized carbons (Fsp3) is 0.276. The molecule has 12 nitrogen and oxygen atoms in total. The van der Waals surface area contributed by atoms with Crippen LogP contribution in [0.2, 0.25) is 0 Å². The highest BCUT2D eigenvalue weighted by molar-refractivity contribution is 5.94. The van der Waals surface area contributed by atoms with E-state index in [9.17, 15) is 9.59 Å². The van der Waals surface area contributed by atoms with Crippen LogP contribution in [-0.2, 0) is 11.8 Å². The number of pyridine rings is 1. The van der Waals surface area contributed by atoms with Gasteiger partial charge in [0.2, 0.25) is 11.8 Å². The Kier molecular flexibility index (Phi) is 6.04. The predicted octanol–water partition coefficient (Wildman–Crippen LogP) is 3.06. The first-order chi connectivity index (χ1) is 19.9. The van der Waals surface area contributed by atoms with Gasteiger partial charge >= 0.3 is 0 Å². The van der Waals surface area contributed by atoms with Crippen LogP contribution in [0.15, 0.2) is 71.3 Å². The number of hydrogen-bond donors (Lipinski definition) is 1. The third kappa shape index (κ3) is 4.61. The van der Waals surface area contributed by atoms with Crippen molar-refractivity contribution in [2.75, 3.05) is 18.4 Å². The Balaban J connectivity index is 1.11. The Hall–Kier alpha value is -4.97. The highest BCUT2D eigenvalue weighted by atomic mass is 16.3. The van der Waals surface area contributed by atoms with Crippen LogP contribution in [0, 0.1) is 0 Å². The van der Waals surface area contributed by atoms with Gasteiger partial charge in [-0.2, -0.15) is 4.80 Å². The number of fused-ring (bicyclic) bond motifs is 3. The number of amides is 2. The first-order valence-corrected chi connectivity index (χ1v) is 13.4. The number of piperazine rings is 1. The molecule has 1 N–H and O–H groups in total. The van der Waals surface area contributed by atoms with Gasteiger partial charge in [-0.15, -0.1) is 10.2 Å². The molecule has 2 saturated heterocycles. The lowest BCUT2D eigenvalue weighted by atomic mass is 10.0. The summed E-state index contributed by atoms with van der Waals surface area (Å²) in [4.78, 5) is 39.8. The molecule has 0 saturated carbocycles. The molecule has 2 aromatic carbocycles. The summed E-state index contributed by atoms with van der Waals surface area (Å²) < 4.78 is 5.95. The van der Waals surface area contributed by atoms with Gasteiger partial charge in [0.05, 0.1) is 13.1 Å². The molecule has 2 aliphatic rings. The van der Waals surface area contributed by atoms with E-state index < -0.39 is 0 Å². The van der Waals surface area contributed by atoms with Crippen LogP contribution in [0.4, 0.5) is 5.69 Å². The zero-order valence-electron chi connectivity index (χ0n) is 22.5. The van der Waals surface area contributed by atoms with Gasteiger partial charge in [0.1, 0.15) is 11.2 Å². The lowest BCUT2D eigenvalue weighted by Gasteiger charge is -2.37. The average Bonchev–Trinajstić information content (AvgIpc) is 3.77. The largest absolute Gasteiger partial charge is 0.436 e. The van der Waals surface area contributed by atoms with Crippen molar-refractivity contribution in [2.45, 2.75) is 31.5 Å². The summed E-state index contributed by atoms with van der Waals surface area (Å²) in [6.07, 6.45) is 2.47. The summed E-state index contributed by atoms with van der Waals surface area (Å²) >= 11 is 0. The van der Waals surface area contributed by atoms with E-state index in [0.717, 1.165) is 12.0 Å². The second kappa shape index (κ2) is 9.89. The Bertz CT molecular complexity index is 1770. The van der Waals surface area contributed by atoms with Crippen LogP contribution in [-0.4, -0.2) is 77.0 Å². The second-order valence-corrected chi connectivity index (χ2v) is 10.5. The fourth-order valence-electron chi connectivity index (χ4n) is 5.95. The first-order valence-electron chi connectivity index (χ1n) is 13.4. The number of carbonyl (C=O) groups is 2. The molecule has 206 valence electrons. The molecule has 41 heavy (non-hydrogen) atoms. The van der Waals surface area contributed by atoms with Crippen LogP contribution < -0.4 is 5.32 Å². The highest BCUT2D eigenvalue weighted by Gasteiger charge is 2.49. The first kappa shape index (κ1) is 25.0.